The van der Waals surface area contributed by atoms with Gasteiger partial charge in [0.2, 0.25) is 6.29 Å². The van der Waals surface area contributed by atoms with Gasteiger partial charge in [-0.05, 0) is 30.2 Å². The van der Waals surface area contributed by atoms with Gasteiger partial charge in [0.05, 0.1) is 24.4 Å². The molecule has 1 fully saturated rings. The highest BCUT2D eigenvalue weighted by atomic mass is 19.4. The third kappa shape index (κ3) is 7.19. The predicted octanol–water partition coefficient (Wildman–Crippen LogP) is 5.24. The van der Waals surface area contributed by atoms with Crippen molar-refractivity contribution >= 4 is 17.6 Å². The summed E-state index contributed by atoms with van der Waals surface area (Å²) in [6.45, 7) is 2.57. The van der Waals surface area contributed by atoms with Crippen LogP contribution >= 0.6 is 0 Å². The molecule has 0 spiro atoms. The molecule has 1 unspecified atom stereocenters. The SMILES string of the molecule is CC(=O)O[C@@H]1[C@@H](OC(=Nc2ccccc2)C(F)(F)F)O[C@H](C)C(N=[N+]=[N-])[C@@H]1OCc1ccccc1. The molecule has 2 aromatic carbocycles. The fraction of sp³-hybridized carbons (Fsp3) is 0.391. The number of azide groups is 1. The van der Waals surface area contributed by atoms with Crippen molar-refractivity contribution in [1.82, 2.24) is 0 Å². The first-order valence-corrected chi connectivity index (χ1v) is 10.6. The molecule has 5 atom stereocenters. The second kappa shape index (κ2) is 11.7. The molecular weight excluding hydrogens is 469 g/mol. The van der Waals surface area contributed by atoms with E-state index < -0.39 is 48.7 Å². The zero-order chi connectivity index (χ0) is 25.4. The summed E-state index contributed by atoms with van der Waals surface area (Å²) in [5, 5.41) is 3.68. The van der Waals surface area contributed by atoms with E-state index in [9.17, 15) is 18.0 Å². The van der Waals surface area contributed by atoms with Crippen LogP contribution in [-0.2, 0) is 30.3 Å². The van der Waals surface area contributed by atoms with E-state index in [4.69, 9.17) is 24.5 Å². The average Bonchev–Trinajstić information content (AvgIpc) is 2.81. The fourth-order valence-electron chi connectivity index (χ4n) is 3.46. The van der Waals surface area contributed by atoms with Crippen LogP contribution in [0.1, 0.15) is 19.4 Å². The van der Waals surface area contributed by atoms with Crippen LogP contribution in [0.3, 0.4) is 0 Å². The maximum atomic E-state index is 13.8. The fourth-order valence-corrected chi connectivity index (χ4v) is 3.46. The molecule has 0 amide bonds. The van der Waals surface area contributed by atoms with Crippen LogP contribution in [0, 0.1) is 0 Å². The Morgan fingerprint density at radius 1 is 1.06 bits per heavy atom. The zero-order valence-electron chi connectivity index (χ0n) is 18.8. The van der Waals surface area contributed by atoms with Crippen molar-refractivity contribution in [3.63, 3.8) is 0 Å². The Balaban J connectivity index is 1.95. The van der Waals surface area contributed by atoms with Crippen molar-refractivity contribution in [3.05, 3.63) is 76.7 Å². The third-order valence-electron chi connectivity index (χ3n) is 4.99. The third-order valence-corrected chi connectivity index (χ3v) is 4.99. The van der Waals surface area contributed by atoms with Crippen LogP contribution in [0.5, 0.6) is 0 Å². The minimum Gasteiger partial charge on any atom is -0.453 e. The normalized spacial score (nSPS) is 24.8. The standard InChI is InChI=1S/C23H23F3N4O5/c1-14-18(29-30-27)19(32-13-16-9-5-3-6-10-16)20(34-15(2)31)21(33-14)35-22(23(24,25)26)28-17-11-7-4-8-12-17/h3-12,14,18-21H,13H2,1-2H3/t14-,18?,19+,20+,21-/m1/s1. The summed E-state index contributed by atoms with van der Waals surface area (Å²) in [7, 11) is 0. The van der Waals surface area contributed by atoms with E-state index in [0.29, 0.717) is 0 Å². The summed E-state index contributed by atoms with van der Waals surface area (Å²) in [6.07, 6.45) is -10.3. The van der Waals surface area contributed by atoms with Gasteiger partial charge in [-0.15, -0.1) is 0 Å². The quantitative estimate of drug-likeness (QED) is 0.131. The molecule has 9 nitrogen and oxygen atoms in total. The number of para-hydroxylation sites is 1. The molecule has 0 aromatic heterocycles. The number of nitrogens with zero attached hydrogens (tertiary/aromatic N) is 4. The Hall–Kier alpha value is -3.60. The molecule has 12 heteroatoms. The molecular formula is C23H23F3N4O5. The molecule has 0 bridgehead atoms. The minimum absolute atomic E-state index is 0.00319. The number of carbonyl (C=O) groups excluding carboxylic acids is 1. The number of aliphatic imine (C=N–C) groups is 1. The number of benzene rings is 2. The van der Waals surface area contributed by atoms with E-state index >= 15 is 0 Å². The molecule has 2 aromatic rings. The highest BCUT2D eigenvalue weighted by Gasteiger charge is 2.51. The van der Waals surface area contributed by atoms with Gasteiger partial charge in [-0.3, -0.25) is 4.79 Å². The lowest BCUT2D eigenvalue weighted by molar-refractivity contribution is -0.266. The Morgan fingerprint density at radius 2 is 1.69 bits per heavy atom. The van der Waals surface area contributed by atoms with Crippen molar-refractivity contribution in [3.8, 4) is 0 Å². The lowest BCUT2D eigenvalue weighted by Crippen LogP contribution is -2.59. The number of esters is 1. The Labute approximate surface area is 199 Å². The Bertz CT molecular complexity index is 1060. The second-order valence-corrected chi connectivity index (χ2v) is 7.61. The van der Waals surface area contributed by atoms with Crippen LogP contribution in [0.15, 0.2) is 70.8 Å². The molecule has 1 heterocycles. The number of rotatable bonds is 7. The highest BCUT2D eigenvalue weighted by Crippen LogP contribution is 2.32. The summed E-state index contributed by atoms with van der Waals surface area (Å²) in [5.41, 5.74) is 9.77. The molecule has 0 radical (unpaired) electrons. The molecule has 1 aliphatic heterocycles. The smallest absolute Gasteiger partial charge is 0.453 e. The van der Waals surface area contributed by atoms with Gasteiger partial charge in [0.15, 0.2) is 6.10 Å². The zero-order valence-corrected chi connectivity index (χ0v) is 18.8. The maximum absolute atomic E-state index is 13.8. The molecule has 3 rings (SSSR count). The van der Waals surface area contributed by atoms with E-state index in [1.807, 2.05) is 0 Å². The lowest BCUT2D eigenvalue weighted by atomic mass is 9.97. The molecule has 0 N–H and O–H groups in total. The number of carbonyl (C=O) groups is 1. The number of ether oxygens (including phenoxy) is 4. The second-order valence-electron chi connectivity index (χ2n) is 7.61. The van der Waals surface area contributed by atoms with Gasteiger partial charge >= 0.3 is 12.1 Å². The number of alkyl halides is 3. The largest absolute Gasteiger partial charge is 0.468 e. The van der Waals surface area contributed by atoms with E-state index in [-0.39, 0.29) is 12.3 Å². The maximum Gasteiger partial charge on any atom is 0.468 e. The van der Waals surface area contributed by atoms with Crippen LogP contribution in [0.4, 0.5) is 18.9 Å². The van der Waals surface area contributed by atoms with E-state index in [1.165, 1.54) is 31.2 Å². The summed E-state index contributed by atoms with van der Waals surface area (Å²) >= 11 is 0. The highest BCUT2D eigenvalue weighted by molar-refractivity contribution is 5.84. The number of halogens is 3. The van der Waals surface area contributed by atoms with E-state index in [0.717, 1.165) is 12.5 Å². The first-order valence-electron chi connectivity index (χ1n) is 10.6. The summed E-state index contributed by atoms with van der Waals surface area (Å²) < 4.78 is 63.3. The van der Waals surface area contributed by atoms with Crippen LogP contribution in [0.25, 0.3) is 10.4 Å². The first kappa shape index (κ1) is 26.0. The van der Waals surface area contributed by atoms with E-state index in [2.05, 4.69) is 15.0 Å². The van der Waals surface area contributed by atoms with Crippen LogP contribution < -0.4 is 0 Å². The van der Waals surface area contributed by atoms with Crippen molar-refractivity contribution in [2.45, 2.75) is 57.3 Å². The predicted molar refractivity (Wildman–Crippen MR) is 119 cm³/mol. The van der Waals surface area contributed by atoms with Gasteiger partial charge in [-0.1, -0.05) is 53.6 Å². The average molecular weight is 492 g/mol. The van der Waals surface area contributed by atoms with Gasteiger partial charge in [0.25, 0.3) is 5.90 Å². The van der Waals surface area contributed by atoms with Gasteiger partial charge in [-0.25, -0.2) is 4.99 Å². The Morgan fingerprint density at radius 3 is 2.26 bits per heavy atom. The van der Waals surface area contributed by atoms with E-state index in [1.54, 1.807) is 36.4 Å². The molecule has 1 aliphatic rings. The summed E-state index contributed by atoms with van der Waals surface area (Å²) in [4.78, 5) is 18.2. The summed E-state index contributed by atoms with van der Waals surface area (Å²) in [6, 6.07) is 15.3. The molecule has 0 aliphatic carbocycles. The van der Waals surface area contributed by atoms with Crippen molar-refractivity contribution in [2.24, 2.45) is 10.1 Å². The summed E-state index contributed by atoms with van der Waals surface area (Å²) in [5.74, 6) is -2.41. The van der Waals surface area contributed by atoms with Gasteiger partial charge < -0.3 is 18.9 Å². The van der Waals surface area contributed by atoms with Crippen molar-refractivity contribution in [1.29, 1.82) is 0 Å². The van der Waals surface area contributed by atoms with Crippen molar-refractivity contribution in [2.75, 3.05) is 0 Å². The van der Waals surface area contributed by atoms with Crippen LogP contribution in [0.2, 0.25) is 0 Å². The first-order chi connectivity index (χ1) is 16.7. The minimum atomic E-state index is -4.98. The van der Waals surface area contributed by atoms with Crippen LogP contribution in [-0.4, -0.2) is 48.7 Å². The number of hydrogen-bond acceptors (Lipinski definition) is 7. The topological polar surface area (TPSA) is 115 Å². The lowest BCUT2D eigenvalue weighted by Gasteiger charge is -2.43. The molecule has 0 saturated carbocycles. The molecule has 1 saturated heterocycles. The van der Waals surface area contributed by atoms with Gasteiger partial charge in [-0.2, -0.15) is 13.2 Å². The Kier molecular flexibility index (Phi) is 8.69. The monoisotopic (exact) mass is 492 g/mol. The molecule has 186 valence electrons. The van der Waals surface area contributed by atoms with Crippen molar-refractivity contribution < 1.29 is 36.9 Å². The molecule has 35 heavy (non-hydrogen) atoms. The number of hydrogen-bond donors (Lipinski definition) is 0. The van der Waals surface area contributed by atoms with Gasteiger partial charge in [0.1, 0.15) is 6.10 Å². The van der Waals surface area contributed by atoms with Gasteiger partial charge in [0, 0.05) is 11.8 Å².